The van der Waals surface area contributed by atoms with E-state index in [0.717, 1.165) is 30.3 Å². The number of benzene rings is 2. The van der Waals surface area contributed by atoms with Crippen molar-refractivity contribution in [3.8, 4) is 0 Å². The van der Waals surface area contributed by atoms with Crippen LogP contribution in [0.1, 0.15) is 30.0 Å². The van der Waals surface area contributed by atoms with E-state index in [4.69, 9.17) is 12.2 Å². The Bertz CT molecular complexity index is 602. The van der Waals surface area contributed by atoms with Crippen molar-refractivity contribution in [2.75, 3.05) is 11.9 Å². The zero-order valence-corrected chi connectivity index (χ0v) is 14.4. The molecule has 0 aliphatic rings. The SMILES string of the molecule is CCCN(Cc1ccccc1)C(=S)Nc1c(C)cccc1C. The summed E-state index contributed by atoms with van der Waals surface area (Å²) in [6.07, 6.45) is 1.07. The van der Waals surface area contributed by atoms with E-state index in [2.05, 4.69) is 73.5 Å². The normalized spacial score (nSPS) is 10.3. The first-order valence-corrected chi connectivity index (χ1v) is 8.18. The average molecular weight is 312 g/mol. The zero-order chi connectivity index (χ0) is 15.9. The van der Waals surface area contributed by atoms with Gasteiger partial charge in [-0.3, -0.25) is 0 Å². The van der Waals surface area contributed by atoms with Gasteiger partial charge in [-0.05, 0) is 49.2 Å². The molecular formula is C19H24N2S. The highest BCUT2D eigenvalue weighted by atomic mass is 32.1. The minimum absolute atomic E-state index is 0.795. The number of rotatable bonds is 5. The Hall–Kier alpha value is -1.87. The van der Waals surface area contributed by atoms with Gasteiger partial charge in [-0.2, -0.15) is 0 Å². The molecule has 0 bridgehead atoms. The summed E-state index contributed by atoms with van der Waals surface area (Å²) in [5, 5.41) is 4.24. The highest BCUT2D eigenvalue weighted by Crippen LogP contribution is 2.20. The number of anilines is 1. The van der Waals surface area contributed by atoms with Crippen molar-refractivity contribution in [3.63, 3.8) is 0 Å². The van der Waals surface area contributed by atoms with Gasteiger partial charge in [-0.1, -0.05) is 55.5 Å². The Morgan fingerprint density at radius 1 is 1.00 bits per heavy atom. The monoisotopic (exact) mass is 312 g/mol. The van der Waals surface area contributed by atoms with Gasteiger partial charge < -0.3 is 10.2 Å². The molecule has 116 valence electrons. The molecule has 1 N–H and O–H groups in total. The Morgan fingerprint density at radius 2 is 1.64 bits per heavy atom. The van der Waals surface area contributed by atoms with Crippen molar-refractivity contribution in [1.82, 2.24) is 4.90 Å². The van der Waals surface area contributed by atoms with Crippen LogP contribution in [0.2, 0.25) is 0 Å². The van der Waals surface area contributed by atoms with E-state index in [0.29, 0.717) is 0 Å². The van der Waals surface area contributed by atoms with Gasteiger partial charge in [-0.25, -0.2) is 0 Å². The molecule has 0 fully saturated rings. The van der Waals surface area contributed by atoms with E-state index in [1.165, 1.54) is 16.7 Å². The molecule has 22 heavy (non-hydrogen) atoms. The lowest BCUT2D eigenvalue weighted by atomic mass is 10.1. The summed E-state index contributed by atoms with van der Waals surface area (Å²) < 4.78 is 0. The van der Waals surface area contributed by atoms with Crippen molar-refractivity contribution in [1.29, 1.82) is 0 Å². The molecule has 0 saturated carbocycles. The van der Waals surface area contributed by atoms with Crippen LogP contribution in [-0.2, 0) is 6.54 Å². The second kappa shape index (κ2) is 7.95. The van der Waals surface area contributed by atoms with Crippen molar-refractivity contribution >= 4 is 23.0 Å². The van der Waals surface area contributed by atoms with E-state index in [-0.39, 0.29) is 0 Å². The van der Waals surface area contributed by atoms with Crippen LogP contribution in [0.4, 0.5) is 5.69 Å². The third-order valence-electron chi connectivity index (χ3n) is 3.71. The number of aryl methyl sites for hydroxylation is 2. The number of nitrogens with one attached hydrogen (secondary N) is 1. The van der Waals surface area contributed by atoms with E-state index in [9.17, 15) is 0 Å². The molecule has 0 unspecified atom stereocenters. The number of nitrogens with zero attached hydrogens (tertiary/aromatic N) is 1. The summed E-state index contributed by atoms with van der Waals surface area (Å²) in [5.74, 6) is 0. The van der Waals surface area contributed by atoms with Gasteiger partial charge in [0.1, 0.15) is 0 Å². The molecule has 0 saturated heterocycles. The Labute approximate surface area is 139 Å². The third kappa shape index (κ3) is 4.31. The molecule has 0 aromatic heterocycles. The van der Waals surface area contributed by atoms with Gasteiger partial charge >= 0.3 is 0 Å². The lowest BCUT2D eigenvalue weighted by Gasteiger charge is -2.26. The first-order valence-electron chi connectivity index (χ1n) is 7.78. The van der Waals surface area contributed by atoms with E-state index >= 15 is 0 Å². The summed E-state index contributed by atoms with van der Waals surface area (Å²) in [7, 11) is 0. The molecule has 2 aromatic carbocycles. The van der Waals surface area contributed by atoms with Crippen LogP contribution in [0.15, 0.2) is 48.5 Å². The minimum Gasteiger partial charge on any atom is -0.345 e. The van der Waals surface area contributed by atoms with Gasteiger partial charge in [0.25, 0.3) is 0 Å². The minimum atomic E-state index is 0.795. The number of para-hydroxylation sites is 1. The fourth-order valence-electron chi connectivity index (χ4n) is 2.52. The first kappa shape index (κ1) is 16.5. The predicted molar refractivity (Wildman–Crippen MR) is 99.3 cm³/mol. The van der Waals surface area contributed by atoms with E-state index in [1.54, 1.807) is 0 Å². The third-order valence-corrected chi connectivity index (χ3v) is 4.07. The van der Waals surface area contributed by atoms with Crippen LogP contribution >= 0.6 is 12.2 Å². The van der Waals surface area contributed by atoms with Crippen molar-refractivity contribution in [3.05, 3.63) is 65.2 Å². The van der Waals surface area contributed by atoms with Gasteiger partial charge in [0.15, 0.2) is 5.11 Å². The van der Waals surface area contributed by atoms with E-state index < -0.39 is 0 Å². The van der Waals surface area contributed by atoms with Crippen molar-refractivity contribution < 1.29 is 0 Å². The maximum absolute atomic E-state index is 5.66. The average Bonchev–Trinajstić information content (AvgIpc) is 2.51. The second-order valence-corrected chi connectivity index (χ2v) is 5.99. The van der Waals surface area contributed by atoms with E-state index in [1.807, 2.05) is 6.07 Å². The summed E-state index contributed by atoms with van der Waals surface area (Å²) >= 11 is 5.66. The molecule has 0 atom stereocenters. The summed E-state index contributed by atoms with van der Waals surface area (Å²) in [4.78, 5) is 2.23. The predicted octanol–water partition coefficient (Wildman–Crippen LogP) is 4.91. The van der Waals surface area contributed by atoms with Crippen molar-refractivity contribution in [2.45, 2.75) is 33.7 Å². The Kier molecular flexibility index (Phi) is 5.96. The quantitative estimate of drug-likeness (QED) is 0.790. The molecule has 0 heterocycles. The fraction of sp³-hybridized carbons (Fsp3) is 0.316. The topological polar surface area (TPSA) is 15.3 Å². The van der Waals surface area contributed by atoms with Crippen LogP contribution in [0.25, 0.3) is 0 Å². The van der Waals surface area contributed by atoms with Gasteiger partial charge in [-0.15, -0.1) is 0 Å². The highest BCUT2D eigenvalue weighted by molar-refractivity contribution is 7.80. The fourth-order valence-corrected chi connectivity index (χ4v) is 2.78. The van der Waals surface area contributed by atoms with Gasteiger partial charge in [0.05, 0.1) is 0 Å². The molecular weight excluding hydrogens is 288 g/mol. The van der Waals surface area contributed by atoms with Crippen LogP contribution < -0.4 is 5.32 Å². The second-order valence-electron chi connectivity index (χ2n) is 5.60. The van der Waals surface area contributed by atoms with Gasteiger partial charge in [0, 0.05) is 18.8 Å². The molecule has 2 nitrogen and oxygen atoms in total. The largest absolute Gasteiger partial charge is 0.345 e. The molecule has 0 radical (unpaired) electrons. The molecule has 0 spiro atoms. The summed E-state index contributed by atoms with van der Waals surface area (Å²) in [5.41, 5.74) is 4.85. The first-order chi connectivity index (χ1) is 10.6. The molecule has 0 aliphatic heterocycles. The molecule has 2 rings (SSSR count). The maximum atomic E-state index is 5.66. The number of thiocarbonyl (C=S) groups is 1. The Balaban J connectivity index is 2.13. The standard InChI is InChI=1S/C19H24N2S/c1-4-13-21(14-17-11-6-5-7-12-17)19(22)20-18-15(2)9-8-10-16(18)3/h5-12H,4,13-14H2,1-3H3,(H,20,22). The zero-order valence-electron chi connectivity index (χ0n) is 13.6. The molecule has 3 heteroatoms. The maximum Gasteiger partial charge on any atom is 0.173 e. The molecule has 0 aliphatic carbocycles. The highest BCUT2D eigenvalue weighted by Gasteiger charge is 2.11. The van der Waals surface area contributed by atoms with Crippen LogP contribution in [0.3, 0.4) is 0 Å². The molecule has 2 aromatic rings. The van der Waals surface area contributed by atoms with Gasteiger partial charge in [0.2, 0.25) is 0 Å². The lowest BCUT2D eigenvalue weighted by Crippen LogP contribution is -2.35. The number of hydrogen-bond donors (Lipinski definition) is 1. The van der Waals surface area contributed by atoms with Crippen molar-refractivity contribution in [2.24, 2.45) is 0 Å². The number of hydrogen-bond acceptors (Lipinski definition) is 1. The smallest absolute Gasteiger partial charge is 0.173 e. The lowest BCUT2D eigenvalue weighted by molar-refractivity contribution is 0.418. The van der Waals surface area contributed by atoms with Crippen LogP contribution in [0, 0.1) is 13.8 Å². The molecule has 0 amide bonds. The van der Waals surface area contributed by atoms with Crippen LogP contribution in [0.5, 0.6) is 0 Å². The Morgan fingerprint density at radius 3 is 2.23 bits per heavy atom. The summed E-state index contributed by atoms with van der Waals surface area (Å²) in [6, 6.07) is 16.8. The van der Waals surface area contributed by atoms with Crippen LogP contribution in [-0.4, -0.2) is 16.6 Å². The summed E-state index contributed by atoms with van der Waals surface area (Å²) in [6.45, 7) is 8.19.